The van der Waals surface area contributed by atoms with Gasteiger partial charge in [0.2, 0.25) is 0 Å². The molecule has 30 heavy (non-hydrogen) atoms. The molecule has 1 heterocycles. The van der Waals surface area contributed by atoms with Crippen LogP contribution in [0.3, 0.4) is 0 Å². The number of benzene rings is 1. The normalized spacial score (nSPS) is 29.6. The molecule has 2 saturated carbocycles. The molecule has 3 fully saturated rings. The molecular weight excluding hydrogens is 380 g/mol. The summed E-state index contributed by atoms with van der Waals surface area (Å²) in [5, 5.41) is 8.89. The first kappa shape index (κ1) is 21.5. The zero-order valence-electron chi connectivity index (χ0n) is 17.7. The third-order valence-electron chi connectivity index (χ3n) is 6.90. The van der Waals surface area contributed by atoms with Gasteiger partial charge in [-0.1, -0.05) is 43.2 Å². The van der Waals surface area contributed by atoms with Crippen molar-refractivity contribution in [1.82, 2.24) is 0 Å². The van der Waals surface area contributed by atoms with Crippen LogP contribution < -0.4 is 0 Å². The van der Waals surface area contributed by atoms with Crippen molar-refractivity contribution in [3.05, 3.63) is 48.0 Å². The predicted molar refractivity (Wildman–Crippen MR) is 114 cm³/mol. The molecular formula is C25H34O5. The van der Waals surface area contributed by atoms with Gasteiger partial charge in [0.1, 0.15) is 6.10 Å². The smallest absolute Gasteiger partial charge is 0.338 e. The van der Waals surface area contributed by atoms with Gasteiger partial charge in [-0.3, -0.25) is 0 Å². The van der Waals surface area contributed by atoms with Crippen LogP contribution in [0.2, 0.25) is 0 Å². The number of hydrogen-bond donors (Lipinski definition) is 1. The highest BCUT2D eigenvalue weighted by atomic mass is 16.7. The van der Waals surface area contributed by atoms with E-state index in [0.717, 1.165) is 51.4 Å². The van der Waals surface area contributed by atoms with Gasteiger partial charge in [-0.05, 0) is 49.7 Å². The molecule has 1 aromatic rings. The highest BCUT2D eigenvalue weighted by molar-refractivity contribution is 5.89. The minimum absolute atomic E-state index is 0.0860. The number of hydrogen-bond acceptors (Lipinski definition) is 5. The van der Waals surface area contributed by atoms with Crippen LogP contribution in [0.1, 0.15) is 61.7 Å². The van der Waals surface area contributed by atoms with Gasteiger partial charge in [0, 0.05) is 25.4 Å². The molecule has 0 unspecified atom stereocenters. The Kier molecular flexibility index (Phi) is 7.24. The molecule has 1 aromatic carbocycles. The minimum Gasteiger partial charge on any atom is -0.458 e. The second-order valence-electron chi connectivity index (χ2n) is 8.92. The number of carbonyl (C=O) groups is 1. The second-order valence-corrected chi connectivity index (χ2v) is 8.92. The number of carbonyl (C=O) groups excluding carboxylic acids is 1. The Morgan fingerprint density at radius 2 is 1.87 bits per heavy atom. The Morgan fingerprint density at radius 1 is 1.10 bits per heavy atom. The Balaban J connectivity index is 1.39. The van der Waals surface area contributed by atoms with Gasteiger partial charge in [-0.2, -0.15) is 0 Å². The second kappa shape index (κ2) is 10.1. The average Bonchev–Trinajstić information content (AvgIpc) is 3.44. The summed E-state index contributed by atoms with van der Waals surface area (Å²) in [4.78, 5) is 12.7. The molecule has 4 rings (SSSR count). The summed E-state index contributed by atoms with van der Waals surface area (Å²) in [7, 11) is 0. The van der Waals surface area contributed by atoms with Gasteiger partial charge in [0.15, 0.2) is 5.79 Å². The van der Waals surface area contributed by atoms with Gasteiger partial charge < -0.3 is 19.3 Å². The van der Waals surface area contributed by atoms with E-state index in [2.05, 4.69) is 12.2 Å². The molecule has 1 N–H and O–H groups in total. The maximum absolute atomic E-state index is 12.7. The molecule has 1 aliphatic heterocycles. The van der Waals surface area contributed by atoms with Crippen LogP contribution in [-0.2, 0) is 14.2 Å². The summed E-state index contributed by atoms with van der Waals surface area (Å²) in [5.74, 6) is 0.483. The molecule has 164 valence electrons. The standard InChI is InChI=1S/C25H34O5/c26-13-9-4-2-1-3-8-12-21-22-18-25(28-14-15-29-25)17-20(22)16-23(21)30-24(27)19-10-6-5-7-11-19/h5-8,10-12,20-23,26H,1-4,9,13-18H2/b12-8+/t20-,21-,22+,23-/m1/s1. The molecule has 0 radical (unpaired) electrons. The first-order chi connectivity index (χ1) is 14.7. The van der Waals surface area contributed by atoms with Crippen LogP contribution in [0.4, 0.5) is 0 Å². The van der Waals surface area contributed by atoms with E-state index in [1.165, 1.54) is 0 Å². The zero-order chi connectivity index (χ0) is 20.8. The molecule has 3 aliphatic rings. The topological polar surface area (TPSA) is 65.0 Å². The summed E-state index contributed by atoms with van der Waals surface area (Å²) in [6.45, 7) is 1.64. The van der Waals surface area contributed by atoms with Crippen molar-refractivity contribution < 1.29 is 24.1 Å². The monoisotopic (exact) mass is 414 g/mol. The molecule has 4 atom stereocenters. The van der Waals surface area contributed by atoms with Crippen molar-refractivity contribution in [2.45, 2.75) is 63.3 Å². The maximum atomic E-state index is 12.7. The molecule has 0 aromatic heterocycles. The van der Waals surface area contributed by atoms with E-state index in [-0.39, 0.29) is 24.6 Å². The zero-order valence-corrected chi connectivity index (χ0v) is 17.7. The molecule has 0 bridgehead atoms. The number of aliphatic hydroxyl groups is 1. The van der Waals surface area contributed by atoms with Crippen molar-refractivity contribution >= 4 is 5.97 Å². The van der Waals surface area contributed by atoms with Crippen molar-refractivity contribution in [3.8, 4) is 0 Å². The van der Waals surface area contributed by atoms with Gasteiger partial charge in [-0.25, -0.2) is 4.79 Å². The van der Waals surface area contributed by atoms with E-state index in [1.54, 1.807) is 0 Å². The van der Waals surface area contributed by atoms with Crippen LogP contribution in [0.25, 0.3) is 0 Å². The summed E-state index contributed by atoms with van der Waals surface area (Å²) < 4.78 is 18.0. The van der Waals surface area contributed by atoms with Crippen molar-refractivity contribution in [2.75, 3.05) is 19.8 Å². The highest BCUT2D eigenvalue weighted by Crippen LogP contribution is 2.55. The molecule has 0 amide bonds. The van der Waals surface area contributed by atoms with Crippen LogP contribution in [0.15, 0.2) is 42.5 Å². The minimum atomic E-state index is -0.403. The van der Waals surface area contributed by atoms with Gasteiger partial charge in [-0.15, -0.1) is 0 Å². The van der Waals surface area contributed by atoms with Crippen LogP contribution >= 0.6 is 0 Å². The predicted octanol–water partition coefficient (Wildman–Crippen LogP) is 4.50. The summed E-state index contributed by atoms with van der Waals surface area (Å²) in [5.41, 5.74) is 0.611. The molecule has 1 saturated heterocycles. The summed E-state index contributed by atoms with van der Waals surface area (Å²) in [6, 6.07) is 9.26. The largest absolute Gasteiger partial charge is 0.458 e. The Hall–Kier alpha value is -1.69. The maximum Gasteiger partial charge on any atom is 0.338 e. The van der Waals surface area contributed by atoms with E-state index >= 15 is 0 Å². The lowest BCUT2D eigenvalue weighted by Gasteiger charge is -2.26. The number of allylic oxidation sites excluding steroid dienone is 1. The number of ether oxygens (including phenoxy) is 3. The Bertz CT molecular complexity index is 710. The lowest BCUT2D eigenvalue weighted by molar-refractivity contribution is -0.157. The fourth-order valence-electron chi connectivity index (χ4n) is 5.49. The molecule has 5 heteroatoms. The van der Waals surface area contributed by atoms with Crippen molar-refractivity contribution in [3.63, 3.8) is 0 Å². The van der Waals surface area contributed by atoms with E-state index in [4.69, 9.17) is 19.3 Å². The fourth-order valence-corrected chi connectivity index (χ4v) is 5.49. The number of esters is 1. The SMILES string of the molecule is O=C(O[C@@H]1C[C@@H]2CC3(C[C@@H]2[C@H]1/C=C/CCCCCCO)OCCO3)c1ccccc1. The van der Waals surface area contributed by atoms with E-state index in [0.29, 0.717) is 30.6 Å². The van der Waals surface area contributed by atoms with E-state index in [1.807, 2.05) is 30.3 Å². The molecule has 2 aliphatic carbocycles. The summed E-state index contributed by atoms with van der Waals surface area (Å²) in [6.07, 6.45) is 12.4. The first-order valence-corrected chi connectivity index (χ1v) is 11.5. The molecule has 1 spiro atoms. The van der Waals surface area contributed by atoms with E-state index in [9.17, 15) is 4.79 Å². The van der Waals surface area contributed by atoms with Crippen LogP contribution in [-0.4, -0.2) is 42.8 Å². The van der Waals surface area contributed by atoms with Gasteiger partial charge in [0.25, 0.3) is 0 Å². The average molecular weight is 415 g/mol. The number of fused-ring (bicyclic) bond motifs is 1. The third-order valence-corrected chi connectivity index (χ3v) is 6.90. The number of unbranched alkanes of at least 4 members (excludes halogenated alkanes) is 4. The van der Waals surface area contributed by atoms with Crippen LogP contribution in [0.5, 0.6) is 0 Å². The summed E-state index contributed by atoms with van der Waals surface area (Å²) >= 11 is 0. The highest BCUT2D eigenvalue weighted by Gasteiger charge is 2.57. The third kappa shape index (κ3) is 4.96. The first-order valence-electron chi connectivity index (χ1n) is 11.5. The Labute approximate surface area is 179 Å². The Morgan fingerprint density at radius 3 is 2.63 bits per heavy atom. The number of rotatable bonds is 9. The van der Waals surface area contributed by atoms with Gasteiger partial charge >= 0.3 is 5.97 Å². The van der Waals surface area contributed by atoms with Crippen molar-refractivity contribution in [2.24, 2.45) is 17.8 Å². The van der Waals surface area contributed by atoms with Gasteiger partial charge in [0.05, 0.1) is 18.8 Å². The number of aliphatic hydroxyl groups excluding tert-OH is 1. The molecule has 5 nitrogen and oxygen atoms in total. The lowest BCUT2D eigenvalue weighted by Crippen LogP contribution is -2.31. The van der Waals surface area contributed by atoms with Crippen molar-refractivity contribution in [1.29, 1.82) is 0 Å². The fraction of sp³-hybridized carbons (Fsp3) is 0.640. The van der Waals surface area contributed by atoms with Crippen LogP contribution in [0, 0.1) is 17.8 Å². The lowest BCUT2D eigenvalue weighted by atomic mass is 9.90. The quantitative estimate of drug-likeness (QED) is 0.366. The van der Waals surface area contributed by atoms with E-state index < -0.39 is 5.79 Å².